The second kappa shape index (κ2) is 6.35. The molecule has 0 fully saturated rings. The minimum absolute atomic E-state index is 0.0656. The molecular formula is C10H23NO2. The molecule has 0 bridgehead atoms. The minimum Gasteiger partial charge on any atom is -0.395 e. The van der Waals surface area contributed by atoms with E-state index in [0.717, 1.165) is 13.0 Å². The lowest BCUT2D eigenvalue weighted by Gasteiger charge is -2.26. The normalized spacial score (nSPS) is 14.5. The van der Waals surface area contributed by atoms with Crippen molar-refractivity contribution in [2.75, 3.05) is 19.8 Å². The molecular weight excluding hydrogens is 166 g/mol. The van der Waals surface area contributed by atoms with Gasteiger partial charge in [-0.2, -0.15) is 0 Å². The molecule has 0 aliphatic carbocycles. The largest absolute Gasteiger partial charge is 0.395 e. The SMILES string of the molecule is CCNC(CO)COC(C)(C)CC. The molecule has 0 saturated carbocycles. The number of aliphatic hydroxyl groups excluding tert-OH is 1. The fourth-order valence-electron chi connectivity index (χ4n) is 0.893. The molecule has 3 nitrogen and oxygen atoms in total. The Morgan fingerprint density at radius 1 is 1.38 bits per heavy atom. The number of nitrogens with one attached hydrogen (secondary N) is 1. The fourth-order valence-corrected chi connectivity index (χ4v) is 0.893. The Bertz CT molecular complexity index is 126. The molecule has 3 heteroatoms. The summed E-state index contributed by atoms with van der Waals surface area (Å²) >= 11 is 0. The van der Waals surface area contributed by atoms with Gasteiger partial charge in [-0.3, -0.25) is 0 Å². The lowest BCUT2D eigenvalue weighted by Crippen LogP contribution is -2.39. The van der Waals surface area contributed by atoms with Crippen LogP contribution in [-0.4, -0.2) is 36.5 Å². The lowest BCUT2D eigenvalue weighted by atomic mass is 10.1. The minimum atomic E-state index is -0.0805. The van der Waals surface area contributed by atoms with Crippen LogP contribution in [0.3, 0.4) is 0 Å². The molecule has 0 amide bonds. The van der Waals surface area contributed by atoms with E-state index in [1.165, 1.54) is 0 Å². The van der Waals surface area contributed by atoms with Gasteiger partial charge in [0.15, 0.2) is 0 Å². The number of hydrogen-bond acceptors (Lipinski definition) is 3. The highest BCUT2D eigenvalue weighted by molar-refractivity contribution is 4.69. The summed E-state index contributed by atoms with van der Waals surface area (Å²) in [6, 6.07) is 0.0656. The van der Waals surface area contributed by atoms with E-state index in [4.69, 9.17) is 9.84 Å². The molecule has 0 aromatic rings. The van der Waals surface area contributed by atoms with Crippen molar-refractivity contribution < 1.29 is 9.84 Å². The molecule has 1 unspecified atom stereocenters. The molecule has 0 aromatic heterocycles. The zero-order chi connectivity index (χ0) is 10.3. The Hall–Kier alpha value is -0.120. The Morgan fingerprint density at radius 2 is 2.00 bits per heavy atom. The van der Waals surface area contributed by atoms with Crippen molar-refractivity contribution in [3.63, 3.8) is 0 Å². The van der Waals surface area contributed by atoms with Gasteiger partial charge in [0.1, 0.15) is 0 Å². The van der Waals surface area contributed by atoms with Crippen LogP contribution in [0.2, 0.25) is 0 Å². The van der Waals surface area contributed by atoms with E-state index in [1.807, 2.05) is 6.92 Å². The van der Waals surface area contributed by atoms with Crippen molar-refractivity contribution in [2.24, 2.45) is 0 Å². The average molecular weight is 189 g/mol. The lowest BCUT2D eigenvalue weighted by molar-refractivity contribution is -0.0360. The molecule has 0 aliphatic heterocycles. The van der Waals surface area contributed by atoms with E-state index in [-0.39, 0.29) is 18.2 Å². The van der Waals surface area contributed by atoms with E-state index in [1.54, 1.807) is 0 Å². The first-order chi connectivity index (χ1) is 6.05. The van der Waals surface area contributed by atoms with Gasteiger partial charge in [-0.25, -0.2) is 0 Å². The number of ether oxygens (including phenoxy) is 1. The van der Waals surface area contributed by atoms with Crippen LogP contribution in [0.25, 0.3) is 0 Å². The van der Waals surface area contributed by atoms with E-state index in [2.05, 4.69) is 26.1 Å². The first-order valence-corrected chi connectivity index (χ1v) is 5.04. The maximum absolute atomic E-state index is 8.98. The number of rotatable bonds is 7. The monoisotopic (exact) mass is 189 g/mol. The molecule has 0 saturated heterocycles. The van der Waals surface area contributed by atoms with E-state index in [0.29, 0.717) is 6.61 Å². The van der Waals surface area contributed by atoms with Crippen LogP contribution in [0.15, 0.2) is 0 Å². The van der Waals surface area contributed by atoms with Crippen LogP contribution in [0.4, 0.5) is 0 Å². The second-order valence-corrected chi connectivity index (χ2v) is 3.86. The molecule has 13 heavy (non-hydrogen) atoms. The van der Waals surface area contributed by atoms with Gasteiger partial charge in [0, 0.05) is 0 Å². The third kappa shape index (κ3) is 6.02. The molecule has 0 spiro atoms. The fraction of sp³-hybridized carbons (Fsp3) is 1.00. The molecule has 0 rings (SSSR count). The summed E-state index contributed by atoms with van der Waals surface area (Å²) in [7, 11) is 0. The summed E-state index contributed by atoms with van der Waals surface area (Å²) < 4.78 is 5.66. The van der Waals surface area contributed by atoms with Gasteiger partial charge in [0.05, 0.1) is 24.9 Å². The third-order valence-electron chi connectivity index (χ3n) is 2.24. The highest BCUT2D eigenvalue weighted by Crippen LogP contribution is 2.13. The summed E-state index contributed by atoms with van der Waals surface area (Å²) in [5.41, 5.74) is -0.0805. The Morgan fingerprint density at radius 3 is 2.38 bits per heavy atom. The Labute approximate surface area is 81.5 Å². The molecule has 0 heterocycles. The van der Waals surface area contributed by atoms with Crippen LogP contribution < -0.4 is 5.32 Å². The first-order valence-electron chi connectivity index (χ1n) is 5.04. The van der Waals surface area contributed by atoms with Crippen molar-refractivity contribution in [1.82, 2.24) is 5.32 Å². The average Bonchev–Trinajstić information content (AvgIpc) is 2.12. The first kappa shape index (κ1) is 12.9. The summed E-state index contributed by atoms with van der Waals surface area (Å²) in [5, 5.41) is 12.1. The van der Waals surface area contributed by atoms with Gasteiger partial charge in [0.2, 0.25) is 0 Å². The van der Waals surface area contributed by atoms with E-state index in [9.17, 15) is 0 Å². The molecule has 80 valence electrons. The summed E-state index contributed by atoms with van der Waals surface area (Å²) in [6.07, 6.45) is 0.983. The molecule has 0 radical (unpaired) electrons. The van der Waals surface area contributed by atoms with Gasteiger partial charge < -0.3 is 15.2 Å². The quantitative estimate of drug-likeness (QED) is 0.631. The van der Waals surface area contributed by atoms with Crippen molar-refractivity contribution in [3.8, 4) is 0 Å². The summed E-state index contributed by atoms with van der Waals surface area (Å²) in [5.74, 6) is 0. The van der Waals surface area contributed by atoms with Crippen LogP contribution in [0.5, 0.6) is 0 Å². The van der Waals surface area contributed by atoms with Crippen LogP contribution in [-0.2, 0) is 4.74 Å². The van der Waals surface area contributed by atoms with E-state index >= 15 is 0 Å². The van der Waals surface area contributed by atoms with Gasteiger partial charge in [-0.15, -0.1) is 0 Å². The Balaban J connectivity index is 3.70. The Kier molecular flexibility index (Phi) is 6.29. The standard InChI is InChI=1S/C10H23NO2/c1-5-10(3,4)13-8-9(7-12)11-6-2/h9,11-12H,5-8H2,1-4H3. The van der Waals surface area contributed by atoms with Crippen molar-refractivity contribution in [3.05, 3.63) is 0 Å². The highest BCUT2D eigenvalue weighted by Gasteiger charge is 2.17. The maximum atomic E-state index is 8.98. The number of likely N-dealkylation sites (N-methyl/N-ethyl adjacent to an activating group) is 1. The second-order valence-electron chi connectivity index (χ2n) is 3.86. The molecule has 0 aliphatic rings. The molecule has 0 aromatic carbocycles. The zero-order valence-corrected chi connectivity index (χ0v) is 9.26. The van der Waals surface area contributed by atoms with Crippen LogP contribution in [0.1, 0.15) is 34.1 Å². The van der Waals surface area contributed by atoms with Gasteiger partial charge in [-0.1, -0.05) is 13.8 Å². The molecule has 1 atom stereocenters. The number of aliphatic hydroxyl groups is 1. The van der Waals surface area contributed by atoms with Gasteiger partial charge in [-0.05, 0) is 26.8 Å². The maximum Gasteiger partial charge on any atom is 0.0649 e. The predicted molar refractivity (Wildman–Crippen MR) is 54.9 cm³/mol. The van der Waals surface area contributed by atoms with Crippen molar-refractivity contribution in [2.45, 2.75) is 45.8 Å². The predicted octanol–water partition coefficient (Wildman–Crippen LogP) is 1.16. The number of hydrogen-bond donors (Lipinski definition) is 2. The van der Waals surface area contributed by atoms with Gasteiger partial charge in [0.25, 0.3) is 0 Å². The smallest absolute Gasteiger partial charge is 0.0649 e. The third-order valence-corrected chi connectivity index (χ3v) is 2.24. The van der Waals surface area contributed by atoms with Gasteiger partial charge >= 0.3 is 0 Å². The topological polar surface area (TPSA) is 41.5 Å². The van der Waals surface area contributed by atoms with Crippen LogP contribution >= 0.6 is 0 Å². The molecule has 2 N–H and O–H groups in total. The summed E-state index contributed by atoms with van der Waals surface area (Å²) in [4.78, 5) is 0. The zero-order valence-electron chi connectivity index (χ0n) is 9.26. The summed E-state index contributed by atoms with van der Waals surface area (Å²) in [6.45, 7) is 9.82. The van der Waals surface area contributed by atoms with Crippen molar-refractivity contribution in [1.29, 1.82) is 0 Å². The van der Waals surface area contributed by atoms with Crippen LogP contribution in [0, 0.1) is 0 Å². The van der Waals surface area contributed by atoms with E-state index < -0.39 is 0 Å². The highest BCUT2D eigenvalue weighted by atomic mass is 16.5. The van der Waals surface area contributed by atoms with Crippen molar-refractivity contribution >= 4 is 0 Å².